The van der Waals surface area contributed by atoms with E-state index in [1.54, 1.807) is 0 Å². The molecule has 3 nitrogen and oxygen atoms in total. The Morgan fingerprint density at radius 3 is 2.29 bits per heavy atom. The number of aromatic nitrogens is 1. The molecular weight excluding hydrogens is 496 g/mol. The van der Waals surface area contributed by atoms with Crippen molar-refractivity contribution in [2.75, 3.05) is 0 Å². The average Bonchev–Trinajstić information content (AvgIpc) is 3.19. The van der Waals surface area contributed by atoms with Crippen molar-refractivity contribution < 1.29 is 4.79 Å². The standard InChI is InChI=1S/C31H27BrN2O/c1-21-19-34(20-23-8-10-26(11-9-23)25-6-4-3-5-7-25)30-17-14-27(18-29(21)30)31(35)33-22(2)24-12-15-28(32)16-13-24/h3-19,22H,20H2,1-2H3,(H,33,35)/t22-/m0/s1. The molecule has 0 radical (unpaired) electrons. The number of hydrogen-bond donors (Lipinski definition) is 1. The van der Waals surface area contributed by atoms with Crippen molar-refractivity contribution in [3.8, 4) is 11.1 Å². The molecule has 0 unspecified atom stereocenters. The summed E-state index contributed by atoms with van der Waals surface area (Å²) in [4.78, 5) is 13.0. The monoisotopic (exact) mass is 522 g/mol. The van der Waals surface area contributed by atoms with Gasteiger partial charge in [0.25, 0.3) is 5.91 Å². The van der Waals surface area contributed by atoms with Gasteiger partial charge in [0.15, 0.2) is 0 Å². The van der Waals surface area contributed by atoms with Crippen molar-refractivity contribution >= 4 is 32.7 Å². The molecule has 0 spiro atoms. The largest absolute Gasteiger partial charge is 0.346 e. The second-order valence-corrected chi connectivity index (χ2v) is 9.90. The van der Waals surface area contributed by atoms with Crippen LogP contribution < -0.4 is 5.32 Å². The molecule has 4 heteroatoms. The molecule has 1 amide bonds. The van der Waals surface area contributed by atoms with Gasteiger partial charge in [-0.1, -0.05) is 82.7 Å². The third-order valence-corrected chi connectivity index (χ3v) is 7.00. The number of fused-ring (bicyclic) bond motifs is 1. The Morgan fingerprint density at radius 1 is 0.886 bits per heavy atom. The molecule has 4 aromatic carbocycles. The van der Waals surface area contributed by atoms with Gasteiger partial charge in [-0.25, -0.2) is 0 Å². The van der Waals surface area contributed by atoms with E-state index in [2.05, 4.69) is 93.5 Å². The quantitative estimate of drug-likeness (QED) is 0.241. The van der Waals surface area contributed by atoms with E-state index in [0.29, 0.717) is 5.56 Å². The molecule has 5 aromatic rings. The molecule has 0 aliphatic heterocycles. The van der Waals surface area contributed by atoms with E-state index in [1.165, 1.54) is 16.7 Å². The fourth-order valence-corrected chi connectivity index (χ4v) is 4.76. The van der Waals surface area contributed by atoms with Crippen LogP contribution in [0.5, 0.6) is 0 Å². The van der Waals surface area contributed by atoms with E-state index in [-0.39, 0.29) is 11.9 Å². The molecule has 0 fully saturated rings. The number of aryl methyl sites for hydroxylation is 1. The number of carbonyl (C=O) groups is 1. The lowest BCUT2D eigenvalue weighted by Gasteiger charge is -2.15. The van der Waals surface area contributed by atoms with Gasteiger partial charge >= 0.3 is 0 Å². The van der Waals surface area contributed by atoms with Crippen LogP contribution in [-0.4, -0.2) is 10.5 Å². The summed E-state index contributed by atoms with van der Waals surface area (Å²) in [5.41, 5.74) is 7.73. The second kappa shape index (κ2) is 9.93. The van der Waals surface area contributed by atoms with Crippen molar-refractivity contribution in [2.45, 2.75) is 26.4 Å². The first-order chi connectivity index (χ1) is 17.0. The van der Waals surface area contributed by atoms with Gasteiger partial charge in [-0.05, 0) is 72.0 Å². The molecule has 0 saturated carbocycles. The Balaban J connectivity index is 1.33. The number of nitrogens with zero attached hydrogens (tertiary/aromatic N) is 1. The molecule has 0 bridgehead atoms. The normalized spacial score (nSPS) is 12.0. The summed E-state index contributed by atoms with van der Waals surface area (Å²) in [6, 6.07) is 33.1. The number of carbonyl (C=O) groups excluding carboxylic acids is 1. The number of rotatable bonds is 6. The van der Waals surface area contributed by atoms with Crippen molar-refractivity contribution in [2.24, 2.45) is 0 Å². The highest BCUT2D eigenvalue weighted by Gasteiger charge is 2.14. The number of hydrogen-bond acceptors (Lipinski definition) is 1. The molecule has 1 aromatic heterocycles. The minimum atomic E-state index is -0.0733. The molecule has 174 valence electrons. The fraction of sp³-hybridized carbons (Fsp3) is 0.129. The third kappa shape index (κ3) is 5.08. The van der Waals surface area contributed by atoms with Gasteiger partial charge in [-0.2, -0.15) is 0 Å². The maximum absolute atomic E-state index is 13.0. The molecule has 0 saturated heterocycles. The minimum absolute atomic E-state index is 0.0639. The second-order valence-electron chi connectivity index (χ2n) is 8.98. The molecule has 1 heterocycles. The predicted molar refractivity (Wildman–Crippen MR) is 148 cm³/mol. The van der Waals surface area contributed by atoms with Crippen LogP contribution >= 0.6 is 15.9 Å². The molecule has 0 aliphatic rings. The van der Waals surface area contributed by atoms with E-state index in [0.717, 1.165) is 33.0 Å². The molecule has 35 heavy (non-hydrogen) atoms. The first kappa shape index (κ1) is 23.1. The van der Waals surface area contributed by atoms with Crippen molar-refractivity contribution in [1.82, 2.24) is 9.88 Å². The molecule has 1 N–H and O–H groups in total. The van der Waals surface area contributed by atoms with Crippen LogP contribution in [0.3, 0.4) is 0 Å². The number of halogens is 1. The van der Waals surface area contributed by atoms with Gasteiger partial charge < -0.3 is 9.88 Å². The van der Waals surface area contributed by atoms with E-state index in [9.17, 15) is 4.79 Å². The summed E-state index contributed by atoms with van der Waals surface area (Å²) >= 11 is 3.46. The Kier molecular flexibility index (Phi) is 6.56. The van der Waals surface area contributed by atoms with Crippen LogP contribution in [0.2, 0.25) is 0 Å². The van der Waals surface area contributed by atoms with Crippen molar-refractivity contribution in [3.63, 3.8) is 0 Å². The summed E-state index contributed by atoms with van der Waals surface area (Å²) in [6.07, 6.45) is 2.17. The lowest BCUT2D eigenvalue weighted by atomic mass is 10.0. The summed E-state index contributed by atoms with van der Waals surface area (Å²) in [5, 5.41) is 4.23. The zero-order valence-electron chi connectivity index (χ0n) is 19.8. The molecular formula is C31H27BrN2O. The van der Waals surface area contributed by atoms with E-state index in [1.807, 2.05) is 49.4 Å². The van der Waals surface area contributed by atoms with Crippen molar-refractivity contribution in [1.29, 1.82) is 0 Å². The number of nitrogens with one attached hydrogen (secondary N) is 1. The summed E-state index contributed by atoms with van der Waals surface area (Å²) in [5.74, 6) is -0.0639. The maximum atomic E-state index is 13.0. The number of benzene rings is 4. The van der Waals surface area contributed by atoms with E-state index in [4.69, 9.17) is 0 Å². The molecule has 1 atom stereocenters. The highest BCUT2D eigenvalue weighted by Crippen LogP contribution is 2.25. The van der Waals surface area contributed by atoms with Gasteiger partial charge in [-0.3, -0.25) is 4.79 Å². The Morgan fingerprint density at radius 2 is 1.57 bits per heavy atom. The lowest BCUT2D eigenvalue weighted by Crippen LogP contribution is -2.26. The topological polar surface area (TPSA) is 34.0 Å². The maximum Gasteiger partial charge on any atom is 0.251 e. The summed E-state index contributed by atoms with van der Waals surface area (Å²) in [6.45, 7) is 4.89. The van der Waals surface area contributed by atoms with Crippen molar-refractivity contribution in [3.05, 3.63) is 130 Å². The van der Waals surface area contributed by atoms with Crippen LogP contribution in [-0.2, 0) is 6.54 Å². The number of amides is 1. The minimum Gasteiger partial charge on any atom is -0.346 e. The molecule has 0 aliphatic carbocycles. The average molecular weight is 523 g/mol. The van der Waals surface area contributed by atoms with Crippen LogP contribution in [0, 0.1) is 6.92 Å². The van der Waals surface area contributed by atoms with E-state index < -0.39 is 0 Å². The Bertz CT molecular complexity index is 1470. The smallest absolute Gasteiger partial charge is 0.251 e. The highest BCUT2D eigenvalue weighted by molar-refractivity contribution is 9.10. The van der Waals surface area contributed by atoms with Crippen LogP contribution in [0.1, 0.15) is 40.0 Å². The van der Waals surface area contributed by atoms with E-state index >= 15 is 0 Å². The van der Waals surface area contributed by atoms with Gasteiger partial charge in [0.05, 0.1) is 6.04 Å². The Labute approximate surface area is 214 Å². The predicted octanol–water partition coefficient (Wildman–Crippen LogP) is 7.92. The Hall–Kier alpha value is -3.63. The van der Waals surface area contributed by atoms with Crippen LogP contribution in [0.25, 0.3) is 22.0 Å². The highest BCUT2D eigenvalue weighted by atomic mass is 79.9. The SMILES string of the molecule is Cc1cn(Cc2ccc(-c3ccccc3)cc2)c2ccc(C(=O)N[C@@H](C)c3ccc(Br)cc3)cc12. The third-order valence-electron chi connectivity index (χ3n) is 6.47. The first-order valence-electron chi connectivity index (χ1n) is 11.8. The summed E-state index contributed by atoms with van der Waals surface area (Å²) < 4.78 is 3.28. The van der Waals surface area contributed by atoms with Crippen LogP contribution in [0.4, 0.5) is 0 Å². The zero-order chi connectivity index (χ0) is 24.4. The van der Waals surface area contributed by atoms with Gasteiger partial charge in [0.1, 0.15) is 0 Å². The van der Waals surface area contributed by atoms with Gasteiger partial charge in [0.2, 0.25) is 0 Å². The fourth-order valence-electron chi connectivity index (χ4n) is 4.49. The van der Waals surface area contributed by atoms with Gasteiger partial charge in [-0.15, -0.1) is 0 Å². The van der Waals surface area contributed by atoms with Gasteiger partial charge in [0, 0.05) is 33.7 Å². The molecule has 5 rings (SSSR count). The zero-order valence-corrected chi connectivity index (χ0v) is 21.4. The lowest BCUT2D eigenvalue weighted by molar-refractivity contribution is 0.0940. The summed E-state index contributed by atoms with van der Waals surface area (Å²) in [7, 11) is 0. The van der Waals surface area contributed by atoms with Crippen LogP contribution in [0.15, 0.2) is 108 Å². The first-order valence-corrected chi connectivity index (χ1v) is 12.6.